The van der Waals surface area contributed by atoms with Crippen molar-refractivity contribution in [3.63, 3.8) is 0 Å². The molecule has 0 bridgehead atoms. The Labute approximate surface area is 116 Å². The van der Waals surface area contributed by atoms with Gasteiger partial charge in [0.05, 0.1) is 5.92 Å². The lowest BCUT2D eigenvalue weighted by Gasteiger charge is -2.28. The summed E-state index contributed by atoms with van der Waals surface area (Å²) < 4.78 is 0. The number of carbonyl (C=O) groups excluding carboxylic acids is 1. The second kappa shape index (κ2) is 5.74. The zero-order chi connectivity index (χ0) is 14.0. The summed E-state index contributed by atoms with van der Waals surface area (Å²) in [4.78, 5) is 14.4. The van der Waals surface area contributed by atoms with Crippen molar-refractivity contribution >= 4 is 11.6 Å². The molecule has 104 valence electrons. The third kappa shape index (κ3) is 2.81. The molecule has 1 aromatic carbocycles. The van der Waals surface area contributed by atoms with Crippen LogP contribution in [0.1, 0.15) is 29.5 Å². The molecule has 1 aliphatic rings. The number of aryl methyl sites for hydroxylation is 1. The SMILES string of the molecule is Cc1ccc(N(C)C(=O)C2CCCNC2)c(C)c1C. The number of nitrogens with one attached hydrogen (secondary N) is 1. The van der Waals surface area contributed by atoms with Gasteiger partial charge in [-0.05, 0) is 62.9 Å². The lowest BCUT2D eigenvalue weighted by atomic mass is 9.97. The molecule has 1 heterocycles. The predicted octanol–water partition coefficient (Wildman–Crippen LogP) is 2.57. The average Bonchev–Trinajstić information content (AvgIpc) is 2.44. The molecule has 3 nitrogen and oxygen atoms in total. The number of hydrogen-bond donors (Lipinski definition) is 1. The molecule has 0 radical (unpaired) electrons. The van der Waals surface area contributed by atoms with Crippen molar-refractivity contribution in [3.8, 4) is 0 Å². The van der Waals surface area contributed by atoms with E-state index in [-0.39, 0.29) is 11.8 Å². The van der Waals surface area contributed by atoms with Gasteiger partial charge >= 0.3 is 0 Å². The number of anilines is 1. The topological polar surface area (TPSA) is 32.3 Å². The van der Waals surface area contributed by atoms with Crippen molar-refractivity contribution in [1.29, 1.82) is 0 Å². The van der Waals surface area contributed by atoms with Crippen molar-refractivity contribution in [1.82, 2.24) is 5.32 Å². The fourth-order valence-electron chi connectivity index (χ4n) is 2.76. The first kappa shape index (κ1) is 14.1. The summed E-state index contributed by atoms with van der Waals surface area (Å²) in [7, 11) is 1.90. The molecule has 0 aromatic heterocycles. The lowest BCUT2D eigenvalue weighted by Crippen LogP contribution is -2.41. The van der Waals surface area contributed by atoms with E-state index in [9.17, 15) is 4.79 Å². The summed E-state index contributed by atoms with van der Waals surface area (Å²) in [5.41, 5.74) is 4.80. The van der Waals surface area contributed by atoms with Crippen molar-refractivity contribution in [3.05, 3.63) is 28.8 Å². The van der Waals surface area contributed by atoms with Gasteiger partial charge in [-0.25, -0.2) is 0 Å². The van der Waals surface area contributed by atoms with Crippen LogP contribution < -0.4 is 10.2 Å². The van der Waals surface area contributed by atoms with Crippen LogP contribution in [0.4, 0.5) is 5.69 Å². The second-order valence-electron chi connectivity index (χ2n) is 5.59. The third-order valence-corrected chi connectivity index (χ3v) is 4.37. The van der Waals surface area contributed by atoms with Crippen LogP contribution in [-0.2, 0) is 4.79 Å². The number of amides is 1. The highest BCUT2D eigenvalue weighted by Crippen LogP contribution is 2.26. The van der Waals surface area contributed by atoms with Crippen LogP contribution >= 0.6 is 0 Å². The van der Waals surface area contributed by atoms with Crippen LogP contribution in [0, 0.1) is 26.7 Å². The largest absolute Gasteiger partial charge is 0.316 e. The Morgan fingerprint density at radius 3 is 2.63 bits per heavy atom. The molecule has 2 rings (SSSR count). The van der Waals surface area contributed by atoms with Crippen LogP contribution in [0.5, 0.6) is 0 Å². The van der Waals surface area contributed by atoms with Gasteiger partial charge in [-0.3, -0.25) is 4.79 Å². The van der Waals surface area contributed by atoms with Crippen LogP contribution in [0.3, 0.4) is 0 Å². The highest BCUT2D eigenvalue weighted by molar-refractivity contribution is 5.95. The first-order valence-corrected chi connectivity index (χ1v) is 7.07. The Bertz CT molecular complexity index is 476. The zero-order valence-electron chi connectivity index (χ0n) is 12.4. The number of rotatable bonds is 2. The summed E-state index contributed by atoms with van der Waals surface area (Å²) >= 11 is 0. The number of benzene rings is 1. The molecule has 1 unspecified atom stereocenters. The molecule has 1 atom stereocenters. The summed E-state index contributed by atoms with van der Waals surface area (Å²) in [5, 5.41) is 3.31. The molecular weight excluding hydrogens is 236 g/mol. The van der Waals surface area contributed by atoms with Crippen LogP contribution in [0.2, 0.25) is 0 Å². The van der Waals surface area contributed by atoms with Crippen molar-refractivity contribution in [2.24, 2.45) is 5.92 Å². The number of hydrogen-bond acceptors (Lipinski definition) is 2. The van der Waals surface area contributed by atoms with Crippen LogP contribution in [-0.4, -0.2) is 26.0 Å². The second-order valence-corrected chi connectivity index (χ2v) is 5.59. The Kier molecular flexibility index (Phi) is 4.25. The van der Waals surface area contributed by atoms with Crippen molar-refractivity contribution in [2.75, 3.05) is 25.0 Å². The number of piperidine rings is 1. The molecule has 3 heteroatoms. The van der Waals surface area contributed by atoms with Gasteiger partial charge in [0, 0.05) is 19.3 Å². The summed E-state index contributed by atoms with van der Waals surface area (Å²) in [5.74, 6) is 0.360. The fraction of sp³-hybridized carbons (Fsp3) is 0.562. The molecule has 1 N–H and O–H groups in total. The van der Waals surface area contributed by atoms with E-state index >= 15 is 0 Å². The lowest BCUT2D eigenvalue weighted by molar-refractivity contribution is -0.122. The van der Waals surface area contributed by atoms with Gasteiger partial charge in [-0.2, -0.15) is 0 Å². The first-order valence-electron chi connectivity index (χ1n) is 7.07. The molecule has 0 spiro atoms. The van der Waals surface area contributed by atoms with Crippen molar-refractivity contribution < 1.29 is 4.79 Å². The Hall–Kier alpha value is -1.35. The van der Waals surface area contributed by atoms with Gasteiger partial charge in [0.1, 0.15) is 0 Å². The third-order valence-electron chi connectivity index (χ3n) is 4.37. The quantitative estimate of drug-likeness (QED) is 0.886. The summed E-state index contributed by atoms with van der Waals surface area (Å²) in [6.07, 6.45) is 2.09. The molecular formula is C16H24N2O. The molecule has 0 saturated carbocycles. The minimum absolute atomic E-state index is 0.125. The predicted molar refractivity (Wildman–Crippen MR) is 79.7 cm³/mol. The number of carbonyl (C=O) groups is 1. The highest BCUT2D eigenvalue weighted by atomic mass is 16.2. The minimum Gasteiger partial charge on any atom is -0.316 e. The smallest absolute Gasteiger partial charge is 0.231 e. The van der Waals surface area contributed by atoms with Crippen molar-refractivity contribution in [2.45, 2.75) is 33.6 Å². The van der Waals surface area contributed by atoms with Gasteiger partial charge in [0.25, 0.3) is 0 Å². The van der Waals surface area contributed by atoms with Gasteiger partial charge < -0.3 is 10.2 Å². The van der Waals surface area contributed by atoms with Crippen LogP contribution in [0.15, 0.2) is 12.1 Å². The zero-order valence-corrected chi connectivity index (χ0v) is 12.4. The fourth-order valence-corrected chi connectivity index (χ4v) is 2.76. The van der Waals surface area contributed by atoms with E-state index < -0.39 is 0 Å². The molecule has 1 fully saturated rings. The normalized spacial score (nSPS) is 19.3. The van der Waals surface area contributed by atoms with E-state index in [0.717, 1.165) is 31.6 Å². The molecule has 1 amide bonds. The van der Waals surface area contributed by atoms with Gasteiger partial charge in [-0.15, -0.1) is 0 Å². The molecule has 1 aliphatic heterocycles. The van der Waals surface area contributed by atoms with E-state index in [0.29, 0.717) is 0 Å². The van der Waals surface area contributed by atoms with Gasteiger partial charge in [0.15, 0.2) is 0 Å². The van der Waals surface area contributed by atoms with E-state index in [2.05, 4.69) is 38.2 Å². The number of nitrogens with zero attached hydrogens (tertiary/aromatic N) is 1. The molecule has 1 aromatic rings. The van der Waals surface area contributed by atoms with E-state index in [1.54, 1.807) is 0 Å². The van der Waals surface area contributed by atoms with Gasteiger partial charge in [-0.1, -0.05) is 6.07 Å². The van der Waals surface area contributed by atoms with E-state index in [4.69, 9.17) is 0 Å². The van der Waals surface area contributed by atoms with Crippen LogP contribution in [0.25, 0.3) is 0 Å². The standard InChI is InChI=1S/C16H24N2O/c1-11-7-8-15(13(3)12(11)2)18(4)16(19)14-6-5-9-17-10-14/h7-8,14,17H,5-6,9-10H2,1-4H3. The van der Waals surface area contributed by atoms with E-state index in [1.807, 2.05) is 11.9 Å². The molecule has 19 heavy (non-hydrogen) atoms. The first-order chi connectivity index (χ1) is 9.02. The van der Waals surface area contributed by atoms with Gasteiger partial charge in [0.2, 0.25) is 5.91 Å². The summed E-state index contributed by atoms with van der Waals surface area (Å²) in [6.45, 7) is 8.18. The average molecular weight is 260 g/mol. The molecule has 0 aliphatic carbocycles. The molecule has 1 saturated heterocycles. The highest BCUT2D eigenvalue weighted by Gasteiger charge is 2.25. The summed E-state index contributed by atoms with van der Waals surface area (Å²) in [6, 6.07) is 4.16. The Morgan fingerprint density at radius 2 is 2.00 bits per heavy atom. The maximum atomic E-state index is 12.5. The van der Waals surface area contributed by atoms with E-state index in [1.165, 1.54) is 16.7 Å². The monoisotopic (exact) mass is 260 g/mol. The minimum atomic E-state index is 0.125. The Balaban J connectivity index is 2.21. The Morgan fingerprint density at radius 1 is 1.26 bits per heavy atom. The maximum absolute atomic E-state index is 12.5. The maximum Gasteiger partial charge on any atom is 0.231 e.